The number of rotatable bonds is 4. The normalized spacial score (nSPS) is 17.5. The largest absolute Gasteiger partial charge is 0.496 e. The smallest absolute Gasteiger partial charge is 0.407 e. The maximum atomic E-state index is 14.6. The standard InChI is InChI=1S/C35H34Cl2N6O4/c1-19-32(35(2,3)4)42(34(45)46)9-8-41(19)33(44)30-26-7-6-21-11-29(47-5)27(22-10-20(16-38)17-39-18-22)15-28(21)31(26)43(40-30)25-13-23(36)12-24(37)14-25/h10-15,17-19,32H,6-9H2,1-5H3,(H,45,46). The second kappa shape index (κ2) is 12.2. The minimum atomic E-state index is -0.998. The Balaban J connectivity index is 1.54. The Morgan fingerprint density at radius 1 is 1.00 bits per heavy atom. The molecule has 12 heteroatoms. The van der Waals surface area contributed by atoms with Crippen LogP contribution in [0.4, 0.5) is 4.79 Å². The van der Waals surface area contributed by atoms with Crippen LogP contribution in [0.1, 0.15) is 54.9 Å². The number of hydrogen-bond donors (Lipinski definition) is 1. The van der Waals surface area contributed by atoms with E-state index in [2.05, 4.69) is 11.1 Å². The fraction of sp³-hybridized carbons (Fsp3) is 0.343. The Bertz CT molecular complexity index is 1940. The number of halogens is 2. The van der Waals surface area contributed by atoms with Crippen LogP contribution in [0.25, 0.3) is 28.1 Å². The highest BCUT2D eigenvalue weighted by molar-refractivity contribution is 6.34. The molecule has 1 fully saturated rings. The van der Waals surface area contributed by atoms with E-state index in [0.29, 0.717) is 51.1 Å². The lowest BCUT2D eigenvalue weighted by molar-refractivity contribution is -0.00923. The lowest BCUT2D eigenvalue weighted by atomic mass is 9.79. The number of hydrogen-bond acceptors (Lipinski definition) is 6. The van der Waals surface area contributed by atoms with Crippen molar-refractivity contribution in [3.8, 4) is 39.9 Å². The molecule has 242 valence electrons. The van der Waals surface area contributed by atoms with Crippen molar-refractivity contribution in [1.29, 1.82) is 5.26 Å². The third-order valence-electron chi connectivity index (χ3n) is 9.04. The number of amides is 2. The highest BCUT2D eigenvalue weighted by Gasteiger charge is 2.45. The third kappa shape index (κ3) is 5.79. The summed E-state index contributed by atoms with van der Waals surface area (Å²) in [7, 11) is 1.60. The van der Waals surface area contributed by atoms with Crippen LogP contribution in [0, 0.1) is 16.7 Å². The molecule has 0 radical (unpaired) electrons. The van der Waals surface area contributed by atoms with Crippen LogP contribution in [0.3, 0.4) is 0 Å². The minimum Gasteiger partial charge on any atom is -0.496 e. The Labute approximate surface area is 283 Å². The zero-order chi connectivity index (χ0) is 33.8. The Hall–Kier alpha value is -4.59. The van der Waals surface area contributed by atoms with E-state index in [-0.39, 0.29) is 19.0 Å². The molecular weight excluding hydrogens is 639 g/mol. The number of fused-ring (bicyclic) bond motifs is 3. The number of aryl methyl sites for hydroxylation is 1. The van der Waals surface area contributed by atoms with Crippen LogP contribution in [0.2, 0.25) is 10.0 Å². The van der Waals surface area contributed by atoms with Crippen molar-refractivity contribution < 1.29 is 19.4 Å². The molecular formula is C35H34Cl2N6O4. The van der Waals surface area contributed by atoms with Crippen molar-refractivity contribution in [3.63, 3.8) is 0 Å². The van der Waals surface area contributed by atoms with Crippen LogP contribution in [0.5, 0.6) is 5.75 Å². The van der Waals surface area contributed by atoms with Gasteiger partial charge in [-0.15, -0.1) is 0 Å². The Morgan fingerprint density at radius 2 is 1.70 bits per heavy atom. The van der Waals surface area contributed by atoms with Crippen molar-refractivity contribution in [3.05, 3.63) is 81.2 Å². The molecule has 2 aliphatic rings. The lowest BCUT2D eigenvalue weighted by Crippen LogP contribution is -2.65. The van der Waals surface area contributed by atoms with Gasteiger partial charge in [-0.3, -0.25) is 9.78 Å². The molecule has 4 aromatic rings. The summed E-state index contributed by atoms with van der Waals surface area (Å²) in [4.78, 5) is 34.2. The van der Waals surface area contributed by atoms with Gasteiger partial charge in [-0.05, 0) is 67.1 Å². The number of aromatic nitrogens is 3. The van der Waals surface area contributed by atoms with Crippen molar-refractivity contribution in [2.75, 3.05) is 20.2 Å². The Morgan fingerprint density at radius 3 is 2.34 bits per heavy atom. The summed E-state index contributed by atoms with van der Waals surface area (Å²) in [5, 5.41) is 25.3. The van der Waals surface area contributed by atoms with Gasteiger partial charge in [0.1, 0.15) is 11.8 Å². The SMILES string of the molecule is COc1cc2c(cc1-c1cncc(C#N)c1)-c1c(c(C(=O)N3CCN(C(=O)O)C(C(C)(C)C)C3C)nn1-c1cc(Cl)cc(Cl)c1)CC2. The number of methoxy groups -OCH3 is 1. The fourth-order valence-corrected chi connectivity index (χ4v) is 7.67. The highest BCUT2D eigenvalue weighted by atomic mass is 35.5. The zero-order valence-corrected chi connectivity index (χ0v) is 28.2. The Kier molecular flexibility index (Phi) is 8.41. The molecule has 2 amide bonds. The predicted molar refractivity (Wildman–Crippen MR) is 179 cm³/mol. The molecule has 1 aliphatic carbocycles. The quantitative estimate of drug-likeness (QED) is 0.245. The number of piperazine rings is 1. The van der Waals surface area contributed by atoms with Crippen LogP contribution in [0.15, 0.2) is 48.8 Å². The second-order valence-electron chi connectivity index (χ2n) is 13.0. The first-order chi connectivity index (χ1) is 22.3. The molecule has 6 rings (SSSR count). The number of carbonyl (C=O) groups is 2. The van der Waals surface area contributed by atoms with Crippen molar-refractivity contribution in [2.24, 2.45) is 5.41 Å². The first-order valence-corrected chi connectivity index (χ1v) is 16.0. The first kappa shape index (κ1) is 32.4. The topological polar surface area (TPSA) is 125 Å². The van der Waals surface area contributed by atoms with Gasteiger partial charge in [0, 0.05) is 57.8 Å². The maximum Gasteiger partial charge on any atom is 0.407 e. The monoisotopic (exact) mass is 672 g/mol. The number of benzene rings is 2. The van der Waals surface area contributed by atoms with Crippen molar-refractivity contribution in [1.82, 2.24) is 24.6 Å². The van der Waals surface area contributed by atoms with Gasteiger partial charge in [0.2, 0.25) is 0 Å². The number of nitrogens with zero attached hydrogens (tertiary/aromatic N) is 6. The summed E-state index contributed by atoms with van der Waals surface area (Å²) in [6.45, 7) is 8.30. The molecule has 1 aliphatic heterocycles. The number of carbonyl (C=O) groups excluding carboxylic acids is 1. The van der Waals surface area contributed by atoms with E-state index in [9.17, 15) is 20.0 Å². The number of nitriles is 1. The average molecular weight is 674 g/mol. The third-order valence-corrected chi connectivity index (χ3v) is 9.48. The first-order valence-electron chi connectivity index (χ1n) is 15.3. The number of pyridine rings is 1. The van der Waals surface area contributed by atoms with Crippen LogP contribution >= 0.6 is 23.2 Å². The molecule has 2 aromatic carbocycles. The van der Waals surface area contributed by atoms with Crippen LogP contribution in [-0.2, 0) is 12.8 Å². The van der Waals surface area contributed by atoms with Gasteiger partial charge in [-0.1, -0.05) is 44.0 Å². The summed E-state index contributed by atoms with van der Waals surface area (Å²) < 4.78 is 7.52. The van der Waals surface area contributed by atoms with Crippen molar-refractivity contribution in [2.45, 2.75) is 52.6 Å². The van der Waals surface area contributed by atoms with E-state index in [0.717, 1.165) is 27.9 Å². The minimum absolute atomic E-state index is 0.196. The fourth-order valence-electron chi connectivity index (χ4n) is 7.15. The summed E-state index contributed by atoms with van der Waals surface area (Å²) >= 11 is 12.9. The number of carboxylic acid groups (broad SMARTS) is 1. The molecule has 10 nitrogen and oxygen atoms in total. The van der Waals surface area contributed by atoms with Gasteiger partial charge >= 0.3 is 6.09 Å². The summed E-state index contributed by atoms with van der Waals surface area (Å²) in [6.07, 6.45) is 3.36. The average Bonchev–Trinajstić information content (AvgIpc) is 3.43. The van der Waals surface area contributed by atoms with Gasteiger partial charge in [-0.2, -0.15) is 10.4 Å². The molecule has 2 aromatic heterocycles. The molecule has 0 spiro atoms. The van der Waals surface area contributed by atoms with E-state index in [1.54, 1.807) is 47.2 Å². The van der Waals surface area contributed by atoms with Crippen molar-refractivity contribution >= 4 is 35.2 Å². The van der Waals surface area contributed by atoms with E-state index in [1.807, 2.05) is 39.8 Å². The molecule has 1 saturated heterocycles. The molecule has 3 heterocycles. The van der Waals surface area contributed by atoms with Crippen LogP contribution in [-0.4, -0.2) is 74.0 Å². The molecule has 47 heavy (non-hydrogen) atoms. The van der Waals surface area contributed by atoms with Gasteiger partial charge in [0.25, 0.3) is 5.91 Å². The summed E-state index contributed by atoms with van der Waals surface area (Å²) in [5.74, 6) is 0.374. The van der Waals surface area contributed by atoms with E-state index in [4.69, 9.17) is 33.0 Å². The van der Waals surface area contributed by atoms with Gasteiger partial charge in [0.15, 0.2) is 5.69 Å². The molecule has 1 N–H and O–H groups in total. The van der Waals surface area contributed by atoms with E-state index < -0.39 is 23.6 Å². The van der Waals surface area contributed by atoms with Crippen LogP contribution < -0.4 is 4.74 Å². The number of ether oxygens (including phenoxy) is 1. The maximum absolute atomic E-state index is 14.6. The van der Waals surface area contributed by atoms with Gasteiger partial charge < -0.3 is 19.6 Å². The van der Waals surface area contributed by atoms with E-state index >= 15 is 0 Å². The second-order valence-corrected chi connectivity index (χ2v) is 13.9. The lowest BCUT2D eigenvalue weighted by Gasteiger charge is -2.50. The van der Waals surface area contributed by atoms with E-state index in [1.165, 1.54) is 11.1 Å². The predicted octanol–water partition coefficient (Wildman–Crippen LogP) is 7.13. The van der Waals surface area contributed by atoms with Gasteiger partial charge in [0.05, 0.1) is 36.1 Å². The summed E-state index contributed by atoms with van der Waals surface area (Å²) in [5.41, 5.74) is 5.70. The zero-order valence-electron chi connectivity index (χ0n) is 26.7. The van der Waals surface area contributed by atoms with Gasteiger partial charge in [-0.25, -0.2) is 9.48 Å². The summed E-state index contributed by atoms with van der Waals surface area (Å²) in [6, 6.07) is 12.2. The molecule has 0 saturated carbocycles. The molecule has 0 bridgehead atoms. The molecule has 2 atom stereocenters. The molecule has 2 unspecified atom stereocenters. The highest BCUT2D eigenvalue weighted by Crippen LogP contribution is 2.44.